The predicted octanol–water partition coefficient (Wildman–Crippen LogP) is 1.82. The monoisotopic (exact) mass is 191 g/mol. The van der Waals surface area contributed by atoms with Gasteiger partial charge in [0.2, 0.25) is 0 Å². The topological polar surface area (TPSA) is 35.2 Å². The van der Waals surface area contributed by atoms with E-state index in [1.807, 2.05) is 0 Å². The molecule has 2 heteroatoms. The summed E-state index contributed by atoms with van der Waals surface area (Å²) in [5, 5.41) is 0. The lowest BCUT2D eigenvalue weighted by Crippen LogP contribution is -2.18. The van der Waals surface area contributed by atoms with Crippen LogP contribution in [0.25, 0.3) is 0 Å². The second-order valence-electron chi connectivity index (χ2n) is 4.10. The van der Waals surface area contributed by atoms with E-state index in [2.05, 4.69) is 24.3 Å². The molecular weight excluding hydrogens is 174 g/mol. The van der Waals surface area contributed by atoms with Crippen LogP contribution < -0.4 is 5.73 Å². The third kappa shape index (κ3) is 1.97. The minimum absolute atomic E-state index is 0.000212. The van der Waals surface area contributed by atoms with Gasteiger partial charge in [-0.25, -0.2) is 0 Å². The summed E-state index contributed by atoms with van der Waals surface area (Å²) < 4.78 is 5.03. The van der Waals surface area contributed by atoms with Crippen molar-refractivity contribution in [2.75, 3.05) is 13.7 Å². The maximum Gasteiger partial charge on any atom is 0.0502 e. The third-order valence-electron chi connectivity index (χ3n) is 2.91. The van der Waals surface area contributed by atoms with E-state index < -0.39 is 0 Å². The molecule has 0 heterocycles. The van der Waals surface area contributed by atoms with Crippen molar-refractivity contribution in [2.24, 2.45) is 5.73 Å². The molecule has 0 aliphatic heterocycles. The van der Waals surface area contributed by atoms with Crippen LogP contribution in [0.1, 0.15) is 24.0 Å². The molecule has 1 aliphatic rings. The van der Waals surface area contributed by atoms with Crippen LogP contribution in [0.15, 0.2) is 24.3 Å². The molecule has 0 radical (unpaired) electrons. The van der Waals surface area contributed by atoms with E-state index >= 15 is 0 Å². The molecule has 0 unspecified atom stereocenters. The van der Waals surface area contributed by atoms with Crippen LogP contribution in [0.4, 0.5) is 0 Å². The van der Waals surface area contributed by atoms with Gasteiger partial charge in [0.15, 0.2) is 0 Å². The first kappa shape index (κ1) is 9.69. The summed E-state index contributed by atoms with van der Waals surface area (Å²) in [6.45, 7) is 0.785. The van der Waals surface area contributed by atoms with Crippen LogP contribution in [0.2, 0.25) is 0 Å². The van der Waals surface area contributed by atoms with E-state index in [1.165, 1.54) is 11.1 Å². The van der Waals surface area contributed by atoms with Crippen LogP contribution in [-0.4, -0.2) is 13.7 Å². The second kappa shape index (κ2) is 3.71. The molecule has 0 saturated heterocycles. The number of nitrogens with two attached hydrogens (primary N) is 1. The summed E-state index contributed by atoms with van der Waals surface area (Å²) in [4.78, 5) is 0. The van der Waals surface area contributed by atoms with Crippen molar-refractivity contribution in [2.45, 2.75) is 24.8 Å². The van der Waals surface area contributed by atoms with Crippen LogP contribution in [0.5, 0.6) is 0 Å². The van der Waals surface area contributed by atoms with Gasteiger partial charge in [-0.3, -0.25) is 0 Å². The van der Waals surface area contributed by atoms with E-state index in [0.717, 1.165) is 25.9 Å². The van der Waals surface area contributed by atoms with E-state index in [-0.39, 0.29) is 5.54 Å². The van der Waals surface area contributed by atoms with Gasteiger partial charge in [0.25, 0.3) is 0 Å². The number of ether oxygens (including phenoxy) is 1. The number of hydrogen-bond acceptors (Lipinski definition) is 2. The van der Waals surface area contributed by atoms with Crippen molar-refractivity contribution in [3.8, 4) is 0 Å². The minimum atomic E-state index is -0.000212. The van der Waals surface area contributed by atoms with Crippen molar-refractivity contribution >= 4 is 0 Å². The number of benzene rings is 1. The number of rotatable bonds is 4. The van der Waals surface area contributed by atoms with Crippen LogP contribution in [0, 0.1) is 0 Å². The molecule has 0 amide bonds. The predicted molar refractivity (Wildman–Crippen MR) is 57.1 cm³/mol. The van der Waals surface area contributed by atoms with E-state index in [1.54, 1.807) is 7.11 Å². The smallest absolute Gasteiger partial charge is 0.0502 e. The van der Waals surface area contributed by atoms with Crippen molar-refractivity contribution in [1.29, 1.82) is 0 Å². The molecule has 2 rings (SSSR count). The van der Waals surface area contributed by atoms with Crippen LogP contribution in [0.3, 0.4) is 0 Å². The van der Waals surface area contributed by atoms with Gasteiger partial charge in [-0.15, -0.1) is 0 Å². The molecule has 1 aromatic rings. The molecule has 0 spiro atoms. The molecule has 1 saturated carbocycles. The lowest BCUT2D eigenvalue weighted by atomic mass is 10.0. The third-order valence-corrected chi connectivity index (χ3v) is 2.91. The maximum atomic E-state index is 6.09. The fourth-order valence-corrected chi connectivity index (χ4v) is 1.65. The number of hydrogen-bond donors (Lipinski definition) is 1. The quantitative estimate of drug-likeness (QED) is 0.788. The SMILES string of the molecule is COCCc1ccc(C2(N)CC2)cc1. The Hall–Kier alpha value is -0.860. The van der Waals surface area contributed by atoms with Gasteiger partial charge in [0.05, 0.1) is 6.61 Å². The van der Waals surface area contributed by atoms with E-state index in [4.69, 9.17) is 10.5 Å². The molecule has 2 N–H and O–H groups in total. The Morgan fingerprint density at radius 2 is 1.93 bits per heavy atom. The maximum absolute atomic E-state index is 6.09. The highest BCUT2D eigenvalue weighted by atomic mass is 16.5. The zero-order valence-electron chi connectivity index (χ0n) is 8.62. The summed E-state index contributed by atoms with van der Waals surface area (Å²) in [7, 11) is 1.73. The summed E-state index contributed by atoms with van der Waals surface area (Å²) >= 11 is 0. The summed E-state index contributed by atoms with van der Waals surface area (Å²) in [5.74, 6) is 0. The highest BCUT2D eigenvalue weighted by Crippen LogP contribution is 2.42. The Bertz CT molecular complexity index is 301. The van der Waals surface area contributed by atoms with Gasteiger partial charge in [0, 0.05) is 12.6 Å². The first-order valence-corrected chi connectivity index (χ1v) is 5.12. The average Bonchev–Trinajstić information content (AvgIpc) is 2.96. The highest BCUT2D eigenvalue weighted by Gasteiger charge is 2.39. The fraction of sp³-hybridized carbons (Fsp3) is 0.500. The van der Waals surface area contributed by atoms with Crippen LogP contribution >= 0.6 is 0 Å². The standard InChI is InChI=1S/C12H17NO/c1-14-9-6-10-2-4-11(5-3-10)12(13)7-8-12/h2-5H,6-9,13H2,1H3. The number of methoxy groups -OCH3 is 1. The molecule has 0 aromatic heterocycles. The summed E-state index contributed by atoms with van der Waals surface area (Å²) in [6, 6.07) is 8.61. The Morgan fingerprint density at radius 1 is 1.29 bits per heavy atom. The normalized spacial score (nSPS) is 18.1. The lowest BCUT2D eigenvalue weighted by molar-refractivity contribution is 0.202. The Balaban J connectivity index is 2.03. The van der Waals surface area contributed by atoms with Gasteiger partial charge in [-0.2, -0.15) is 0 Å². The first-order chi connectivity index (χ1) is 6.74. The lowest BCUT2D eigenvalue weighted by Gasteiger charge is -2.09. The highest BCUT2D eigenvalue weighted by molar-refractivity contribution is 5.32. The zero-order valence-corrected chi connectivity index (χ0v) is 8.62. The van der Waals surface area contributed by atoms with Crippen molar-refractivity contribution in [3.05, 3.63) is 35.4 Å². The molecule has 76 valence electrons. The van der Waals surface area contributed by atoms with Crippen molar-refractivity contribution in [1.82, 2.24) is 0 Å². The molecule has 1 aromatic carbocycles. The summed E-state index contributed by atoms with van der Waals surface area (Å²) in [5.41, 5.74) is 8.69. The Morgan fingerprint density at radius 3 is 2.43 bits per heavy atom. The Labute approximate surface area is 85.1 Å². The van der Waals surface area contributed by atoms with Crippen molar-refractivity contribution < 1.29 is 4.74 Å². The van der Waals surface area contributed by atoms with E-state index in [0.29, 0.717) is 0 Å². The van der Waals surface area contributed by atoms with Gasteiger partial charge in [-0.05, 0) is 30.4 Å². The summed E-state index contributed by atoms with van der Waals surface area (Å²) in [6.07, 6.45) is 3.24. The van der Waals surface area contributed by atoms with Crippen LogP contribution in [-0.2, 0) is 16.7 Å². The van der Waals surface area contributed by atoms with Gasteiger partial charge >= 0.3 is 0 Å². The molecule has 1 fully saturated rings. The molecule has 0 bridgehead atoms. The van der Waals surface area contributed by atoms with E-state index in [9.17, 15) is 0 Å². The molecular formula is C12H17NO. The van der Waals surface area contributed by atoms with Crippen molar-refractivity contribution in [3.63, 3.8) is 0 Å². The zero-order chi connectivity index (χ0) is 10.0. The average molecular weight is 191 g/mol. The van der Waals surface area contributed by atoms with Gasteiger partial charge < -0.3 is 10.5 Å². The first-order valence-electron chi connectivity index (χ1n) is 5.12. The molecule has 14 heavy (non-hydrogen) atoms. The minimum Gasteiger partial charge on any atom is -0.384 e. The van der Waals surface area contributed by atoms with Gasteiger partial charge in [-0.1, -0.05) is 24.3 Å². The largest absolute Gasteiger partial charge is 0.384 e. The fourth-order valence-electron chi connectivity index (χ4n) is 1.65. The van der Waals surface area contributed by atoms with Gasteiger partial charge in [0.1, 0.15) is 0 Å². The molecule has 1 aliphatic carbocycles. The Kier molecular flexibility index (Phi) is 2.57. The molecule has 2 nitrogen and oxygen atoms in total. The second-order valence-corrected chi connectivity index (χ2v) is 4.10. The molecule has 0 atom stereocenters.